The number of rotatable bonds is 1. The van der Waals surface area contributed by atoms with Crippen LogP contribution in [0.15, 0.2) is 0 Å². The van der Waals surface area contributed by atoms with Crippen molar-refractivity contribution in [3.8, 4) is 0 Å². The minimum Gasteiger partial charge on any atom is -0.283 e. The van der Waals surface area contributed by atoms with Crippen LogP contribution in [0.4, 0.5) is 0 Å². The monoisotopic (exact) mass is 121 g/mol. The number of H-pyrrole nitrogens is 1. The van der Waals surface area contributed by atoms with Crippen LogP contribution in [-0.2, 0) is 0 Å². The molecule has 0 amide bonds. The summed E-state index contributed by atoms with van der Waals surface area (Å²) in [5.74, 6) is 0. The zero-order valence-corrected chi connectivity index (χ0v) is 6.02. The Morgan fingerprint density at radius 3 is 2.33 bits per heavy atom. The van der Waals surface area contributed by atoms with Crippen molar-refractivity contribution < 1.29 is 0 Å². The molecule has 3 heteroatoms. The molecule has 47 valence electrons. The van der Waals surface area contributed by atoms with Crippen molar-refractivity contribution >= 4 is 12.7 Å². The largest absolute Gasteiger partial charge is 0.283 e. The van der Waals surface area contributed by atoms with Gasteiger partial charge >= 0.3 is 0 Å². The van der Waals surface area contributed by atoms with Gasteiger partial charge in [0, 0.05) is 5.69 Å². The number of aromatic nitrogens is 2. The Hall–Kier alpha value is -0.725. The Labute approximate surface area is 55.9 Å². The Morgan fingerprint density at radius 2 is 2.11 bits per heavy atom. The Bertz CT molecular complexity index is 185. The summed E-state index contributed by atoms with van der Waals surface area (Å²) in [6, 6.07) is 0. The normalized spacial score (nSPS) is 9.67. The van der Waals surface area contributed by atoms with E-state index in [2.05, 4.69) is 17.5 Å². The van der Waals surface area contributed by atoms with Crippen molar-refractivity contribution in [3.05, 3.63) is 11.4 Å². The van der Waals surface area contributed by atoms with Crippen LogP contribution in [0.5, 0.6) is 0 Å². The molecular weight excluding hydrogens is 111 g/mol. The first-order chi connectivity index (χ1) is 4.25. The third kappa shape index (κ3) is 0.993. The first-order valence-corrected chi connectivity index (χ1v) is 3.06. The van der Waals surface area contributed by atoms with Crippen LogP contribution in [0.25, 0.3) is 0 Å². The first kappa shape index (κ1) is 6.40. The van der Waals surface area contributed by atoms with Gasteiger partial charge in [-0.3, -0.25) is 5.10 Å². The summed E-state index contributed by atoms with van der Waals surface area (Å²) in [5, 5.41) is 6.94. The molecule has 1 aromatic heterocycles. The molecule has 0 fully saturated rings. The predicted molar refractivity (Wildman–Crippen MR) is 39.3 cm³/mol. The lowest BCUT2D eigenvalue weighted by Gasteiger charge is -1.89. The van der Waals surface area contributed by atoms with Gasteiger partial charge < -0.3 is 0 Å². The quantitative estimate of drug-likeness (QED) is 0.535. The molecule has 1 N–H and O–H groups in total. The van der Waals surface area contributed by atoms with Crippen LogP contribution in [0.3, 0.4) is 0 Å². The summed E-state index contributed by atoms with van der Waals surface area (Å²) in [6.07, 6.45) is 0. The van der Waals surface area contributed by atoms with Crippen molar-refractivity contribution in [3.63, 3.8) is 0 Å². The average Bonchev–Trinajstić information content (AvgIpc) is 2.12. The van der Waals surface area contributed by atoms with Crippen molar-refractivity contribution in [2.75, 3.05) is 0 Å². The summed E-state index contributed by atoms with van der Waals surface area (Å²) in [4.78, 5) is 0. The standard InChI is InChI=1S/C6H10BN2/c1-4-6(7-3)5(2)9-8-4/h1-3H3,(H,8,9). The number of hydrogen-bond acceptors (Lipinski definition) is 1. The number of aromatic amines is 1. The van der Waals surface area contributed by atoms with Crippen molar-refractivity contribution in [2.45, 2.75) is 20.7 Å². The van der Waals surface area contributed by atoms with E-state index in [4.69, 9.17) is 0 Å². The zero-order chi connectivity index (χ0) is 6.85. The van der Waals surface area contributed by atoms with Gasteiger partial charge in [-0.05, 0) is 19.3 Å². The van der Waals surface area contributed by atoms with Gasteiger partial charge in [-0.15, -0.1) is 0 Å². The lowest BCUT2D eigenvalue weighted by atomic mass is 9.72. The van der Waals surface area contributed by atoms with E-state index in [0.717, 1.165) is 11.4 Å². The molecule has 0 aliphatic rings. The van der Waals surface area contributed by atoms with E-state index in [1.165, 1.54) is 5.46 Å². The van der Waals surface area contributed by atoms with Gasteiger partial charge in [0.2, 0.25) is 0 Å². The summed E-state index contributed by atoms with van der Waals surface area (Å²) >= 11 is 0. The van der Waals surface area contributed by atoms with E-state index >= 15 is 0 Å². The Kier molecular flexibility index (Phi) is 1.60. The molecule has 1 radical (unpaired) electrons. The molecule has 1 heterocycles. The van der Waals surface area contributed by atoms with E-state index in [1.807, 2.05) is 20.7 Å². The van der Waals surface area contributed by atoms with Gasteiger partial charge in [-0.2, -0.15) is 5.10 Å². The molecule has 0 aromatic carbocycles. The SMILES string of the molecule is C[B]c1c(C)n[nH]c1C. The molecule has 9 heavy (non-hydrogen) atoms. The zero-order valence-electron chi connectivity index (χ0n) is 6.02. The van der Waals surface area contributed by atoms with Crippen LogP contribution in [-0.4, -0.2) is 17.5 Å². The number of aryl methyl sites for hydroxylation is 2. The van der Waals surface area contributed by atoms with Gasteiger partial charge in [0.15, 0.2) is 7.28 Å². The summed E-state index contributed by atoms with van der Waals surface area (Å²) in [7, 11) is 2.06. The second-order valence-electron chi connectivity index (χ2n) is 2.14. The van der Waals surface area contributed by atoms with E-state index < -0.39 is 0 Å². The second-order valence-corrected chi connectivity index (χ2v) is 2.14. The highest BCUT2D eigenvalue weighted by Gasteiger charge is 2.01. The topological polar surface area (TPSA) is 28.7 Å². The highest BCUT2D eigenvalue weighted by Crippen LogP contribution is 1.90. The van der Waals surface area contributed by atoms with E-state index in [-0.39, 0.29) is 0 Å². The van der Waals surface area contributed by atoms with Crippen molar-refractivity contribution in [1.82, 2.24) is 10.2 Å². The number of nitrogens with zero attached hydrogens (tertiary/aromatic N) is 1. The highest BCUT2D eigenvalue weighted by molar-refractivity contribution is 6.53. The maximum atomic E-state index is 4.03. The lowest BCUT2D eigenvalue weighted by molar-refractivity contribution is 1.02. The van der Waals surface area contributed by atoms with Gasteiger partial charge in [0.1, 0.15) is 0 Å². The lowest BCUT2D eigenvalue weighted by Crippen LogP contribution is -2.14. The summed E-state index contributed by atoms with van der Waals surface area (Å²) in [6.45, 7) is 6.04. The number of hydrogen-bond donors (Lipinski definition) is 1. The average molecular weight is 121 g/mol. The van der Waals surface area contributed by atoms with E-state index in [0.29, 0.717) is 0 Å². The third-order valence-corrected chi connectivity index (χ3v) is 1.47. The van der Waals surface area contributed by atoms with Gasteiger partial charge in [-0.25, -0.2) is 0 Å². The van der Waals surface area contributed by atoms with E-state index in [9.17, 15) is 0 Å². The van der Waals surface area contributed by atoms with Gasteiger partial charge in [-0.1, -0.05) is 6.82 Å². The molecule has 0 saturated heterocycles. The fourth-order valence-corrected chi connectivity index (χ4v) is 0.985. The van der Waals surface area contributed by atoms with Crippen LogP contribution in [0.1, 0.15) is 11.4 Å². The smallest absolute Gasteiger partial charge is 0.153 e. The molecule has 0 bridgehead atoms. The summed E-state index contributed by atoms with van der Waals surface area (Å²) in [5.41, 5.74) is 3.46. The van der Waals surface area contributed by atoms with Crippen molar-refractivity contribution in [1.29, 1.82) is 0 Å². The highest BCUT2D eigenvalue weighted by atomic mass is 15.1. The van der Waals surface area contributed by atoms with Crippen molar-refractivity contribution in [2.24, 2.45) is 0 Å². The molecule has 0 spiro atoms. The molecule has 1 aromatic rings. The van der Waals surface area contributed by atoms with Crippen LogP contribution >= 0.6 is 0 Å². The fourth-order valence-electron chi connectivity index (χ4n) is 0.985. The molecule has 2 nitrogen and oxygen atoms in total. The van der Waals surface area contributed by atoms with E-state index in [1.54, 1.807) is 0 Å². The Morgan fingerprint density at radius 1 is 1.44 bits per heavy atom. The van der Waals surface area contributed by atoms with Crippen LogP contribution < -0.4 is 5.46 Å². The minimum absolute atomic E-state index is 1.08. The molecule has 0 aliphatic heterocycles. The molecule has 0 saturated carbocycles. The minimum atomic E-state index is 1.08. The molecule has 1 rings (SSSR count). The summed E-state index contributed by atoms with van der Waals surface area (Å²) < 4.78 is 0. The first-order valence-electron chi connectivity index (χ1n) is 3.06. The molecular formula is C6H10BN2. The maximum Gasteiger partial charge on any atom is 0.153 e. The van der Waals surface area contributed by atoms with Crippen LogP contribution in [0.2, 0.25) is 6.82 Å². The Balaban J connectivity index is 3.07. The number of nitrogens with one attached hydrogen (secondary N) is 1. The van der Waals surface area contributed by atoms with Crippen LogP contribution in [0, 0.1) is 13.8 Å². The molecule has 0 aliphatic carbocycles. The second kappa shape index (κ2) is 2.25. The maximum absolute atomic E-state index is 4.03. The van der Waals surface area contributed by atoms with Gasteiger partial charge in [0.05, 0.1) is 5.69 Å². The molecule has 0 unspecified atom stereocenters. The van der Waals surface area contributed by atoms with Gasteiger partial charge in [0.25, 0.3) is 0 Å². The fraction of sp³-hybridized carbons (Fsp3) is 0.500. The molecule has 0 atom stereocenters. The third-order valence-electron chi connectivity index (χ3n) is 1.47. The predicted octanol–water partition coefficient (Wildman–Crippen LogP) is 0.404.